The van der Waals surface area contributed by atoms with E-state index in [0.29, 0.717) is 18.9 Å². The number of carbonyl (C=O) groups is 1. The predicted molar refractivity (Wildman–Crippen MR) is 93.3 cm³/mol. The summed E-state index contributed by atoms with van der Waals surface area (Å²) in [5.74, 6) is 0.816. The summed E-state index contributed by atoms with van der Waals surface area (Å²) in [4.78, 5) is 14.6. The molecule has 23 heavy (non-hydrogen) atoms. The molecule has 130 valence electrons. The molecule has 5 heteroatoms. The molecule has 0 radical (unpaired) electrons. The lowest BCUT2D eigenvalue weighted by atomic mass is 10.0. The zero-order chi connectivity index (χ0) is 17.0. The zero-order valence-electron chi connectivity index (χ0n) is 15.1. The Morgan fingerprint density at radius 3 is 2.74 bits per heavy atom. The lowest BCUT2D eigenvalue weighted by Crippen LogP contribution is -2.47. The fourth-order valence-corrected chi connectivity index (χ4v) is 3.57. The Bertz CT molecular complexity index is 535. The third-order valence-corrected chi connectivity index (χ3v) is 4.88. The second kappa shape index (κ2) is 7.95. The number of aryl methyl sites for hydroxylation is 1. The number of rotatable bonds is 6. The van der Waals surface area contributed by atoms with Gasteiger partial charge in [-0.1, -0.05) is 13.8 Å². The normalized spacial score (nSPS) is 18.7. The number of hydrogen-bond donors (Lipinski definition) is 1. The van der Waals surface area contributed by atoms with Crippen LogP contribution < -0.4 is 5.73 Å². The topological polar surface area (TPSA) is 64.2 Å². The van der Waals surface area contributed by atoms with Gasteiger partial charge in [0.05, 0.1) is 5.69 Å². The maximum atomic E-state index is 12.6. The Labute approximate surface area is 140 Å². The van der Waals surface area contributed by atoms with Crippen molar-refractivity contribution in [1.29, 1.82) is 0 Å². The highest BCUT2D eigenvalue weighted by Crippen LogP contribution is 2.20. The van der Waals surface area contributed by atoms with E-state index in [1.54, 1.807) is 0 Å². The molecule has 0 aromatic carbocycles. The summed E-state index contributed by atoms with van der Waals surface area (Å²) in [6.07, 6.45) is 4.68. The summed E-state index contributed by atoms with van der Waals surface area (Å²) in [5, 5.41) is 4.64. The summed E-state index contributed by atoms with van der Waals surface area (Å²) in [7, 11) is 0. The highest BCUT2D eigenvalue weighted by molar-refractivity contribution is 5.77. The van der Waals surface area contributed by atoms with Gasteiger partial charge in [-0.2, -0.15) is 5.10 Å². The van der Waals surface area contributed by atoms with Crippen LogP contribution in [0, 0.1) is 19.8 Å². The molecule has 1 aliphatic heterocycles. The van der Waals surface area contributed by atoms with Gasteiger partial charge in [0.2, 0.25) is 5.91 Å². The van der Waals surface area contributed by atoms with E-state index in [1.165, 1.54) is 17.7 Å². The molecule has 0 aliphatic carbocycles. The smallest absolute Gasteiger partial charge is 0.223 e. The average molecular weight is 320 g/mol. The third kappa shape index (κ3) is 4.34. The van der Waals surface area contributed by atoms with Crippen molar-refractivity contribution in [3.05, 3.63) is 17.0 Å². The lowest BCUT2D eigenvalue weighted by Gasteiger charge is -2.35. The van der Waals surface area contributed by atoms with E-state index < -0.39 is 0 Å². The fourth-order valence-electron chi connectivity index (χ4n) is 3.57. The molecule has 1 saturated heterocycles. The molecular weight excluding hydrogens is 288 g/mol. The van der Waals surface area contributed by atoms with Crippen LogP contribution in [0.15, 0.2) is 0 Å². The van der Waals surface area contributed by atoms with Gasteiger partial charge in [0, 0.05) is 37.8 Å². The molecule has 0 saturated carbocycles. The Morgan fingerprint density at radius 2 is 2.09 bits per heavy atom. The molecule has 0 bridgehead atoms. The molecule has 5 nitrogen and oxygen atoms in total. The molecule has 1 atom stereocenters. The van der Waals surface area contributed by atoms with Gasteiger partial charge < -0.3 is 10.6 Å². The van der Waals surface area contributed by atoms with Crippen molar-refractivity contribution in [2.24, 2.45) is 11.7 Å². The monoisotopic (exact) mass is 320 g/mol. The summed E-state index contributed by atoms with van der Waals surface area (Å²) in [6, 6.07) is 0.238. The van der Waals surface area contributed by atoms with Crippen molar-refractivity contribution in [3.63, 3.8) is 0 Å². The highest BCUT2D eigenvalue weighted by atomic mass is 16.2. The maximum absolute atomic E-state index is 12.6. The minimum Gasteiger partial charge on any atom is -0.338 e. The molecule has 2 rings (SSSR count). The van der Waals surface area contributed by atoms with Crippen LogP contribution in [0.4, 0.5) is 0 Å². The van der Waals surface area contributed by atoms with Gasteiger partial charge in [-0.3, -0.25) is 9.48 Å². The predicted octanol–water partition coefficient (Wildman–Crippen LogP) is 2.43. The Hall–Kier alpha value is -1.36. The summed E-state index contributed by atoms with van der Waals surface area (Å²) in [5.41, 5.74) is 9.33. The van der Waals surface area contributed by atoms with E-state index in [0.717, 1.165) is 38.0 Å². The van der Waals surface area contributed by atoms with Gasteiger partial charge in [-0.25, -0.2) is 0 Å². The first-order valence-corrected chi connectivity index (χ1v) is 8.96. The number of nitrogens with two attached hydrogens (primary N) is 1. The van der Waals surface area contributed by atoms with E-state index in [9.17, 15) is 4.79 Å². The van der Waals surface area contributed by atoms with E-state index >= 15 is 0 Å². The first kappa shape index (κ1) is 18.0. The first-order chi connectivity index (χ1) is 10.9. The van der Waals surface area contributed by atoms with Crippen LogP contribution in [0.1, 0.15) is 56.5 Å². The maximum Gasteiger partial charge on any atom is 0.223 e. The summed E-state index contributed by atoms with van der Waals surface area (Å²) >= 11 is 0. The number of nitrogens with zero attached hydrogens (tertiary/aromatic N) is 3. The van der Waals surface area contributed by atoms with Crippen molar-refractivity contribution >= 4 is 5.91 Å². The van der Waals surface area contributed by atoms with Crippen LogP contribution in [0.3, 0.4) is 0 Å². The largest absolute Gasteiger partial charge is 0.338 e. The van der Waals surface area contributed by atoms with Gasteiger partial charge in [0.1, 0.15) is 0 Å². The molecule has 1 amide bonds. The molecule has 2 N–H and O–H groups in total. The molecule has 1 aliphatic rings. The average Bonchev–Trinajstić information content (AvgIpc) is 2.78. The van der Waals surface area contributed by atoms with Crippen LogP contribution in [0.2, 0.25) is 0 Å². The van der Waals surface area contributed by atoms with E-state index in [2.05, 4.69) is 30.6 Å². The third-order valence-electron chi connectivity index (χ3n) is 4.88. The van der Waals surface area contributed by atoms with Crippen molar-refractivity contribution in [1.82, 2.24) is 14.7 Å². The number of hydrogen-bond acceptors (Lipinski definition) is 3. The van der Waals surface area contributed by atoms with E-state index in [-0.39, 0.29) is 11.9 Å². The molecule has 1 fully saturated rings. The molecule has 1 aromatic heterocycles. The van der Waals surface area contributed by atoms with Crippen LogP contribution in [-0.2, 0) is 17.8 Å². The Morgan fingerprint density at radius 1 is 1.35 bits per heavy atom. The van der Waals surface area contributed by atoms with Gasteiger partial charge in [0.15, 0.2) is 0 Å². The molecular formula is C18H32N4O. The van der Waals surface area contributed by atoms with Gasteiger partial charge >= 0.3 is 0 Å². The second-order valence-corrected chi connectivity index (χ2v) is 7.20. The molecule has 2 heterocycles. The van der Waals surface area contributed by atoms with Crippen molar-refractivity contribution < 1.29 is 4.79 Å². The fraction of sp³-hybridized carbons (Fsp3) is 0.778. The van der Waals surface area contributed by atoms with Gasteiger partial charge in [0.25, 0.3) is 0 Å². The van der Waals surface area contributed by atoms with Gasteiger partial charge in [-0.05, 0) is 51.0 Å². The molecule has 0 spiro atoms. The number of piperidine rings is 1. The second-order valence-electron chi connectivity index (χ2n) is 7.20. The van der Waals surface area contributed by atoms with Crippen LogP contribution in [0.5, 0.6) is 0 Å². The minimum absolute atomic E-state index is 0.238. The number of aromatic nitrogens is 2. The Kier molecular flexibility index (Phi) is 6.22. The standard InChI is InChI=1S/C18H32N4O/c1-13(2)12-22-15(4)17(14(3)20-22)8-9-18(23)21-10-6-5-7-16(21)11-19/h13,16H,5-12,19H2,1-4H3. The molecule has 1 aromatic rings. The van der Waals surface area contributed by atoms with Crippen LogP contribution in [-0.4, -0.2) is 39.7 Å². The van der Waals surface area contributed by atoms with Crippen LogP contribution in [0.25, 0.3) is 0 Å². The number of carbonyl (C=O) groups excluding carboxylic acids is 1. The van der Waals surface area contributed by atoms with E-state index in [1.807, 2.05) is 11.8 Å². The van der Waals surface area contributed by atoms with E-state index in [4.69, 9.17) is 5.73 Å². The number of likely N-dealkylation sites (tertiary alicyclic amines) is 1. The van der Waals surface area contributed by atoms with Crippen molar-refractivity contribution in [2.75, 3.05) is 13.1 Å². The quantitative estimate of drug-likeness (QED) is 0.875. The number of amides is 1. The first-order valence-electron chi connectivity index (χ1n) is 8.96. The Balaban J connectivity index is 2.00. The minimum atomic E-state index is 0.238. The van der Waals surface area contributed by atoms with Crippen LogP contribution >= 0.6 is 0 Å². The lowest BCUT2D eigenvalue weighted by molar-refractivity contribution is -0.134. The highest BCUT2D eigenvalue weighted by Gasteiger charge is 2.25. The van der Waals surface area contributed by atoms with Crippen molar-refractivity contribution in [3.8, 4) is 0 Å². The SMILES string of the molecule is Cc1nn(CC(C)C)c(C)c1CCC(=O)N1CCCCC1CN. The van der Waals surface area contributed by atoms with Crippen molar-refractivity contribution in [2.45, 2.75) is 72.4 Å². The summed E-state index contributed by atoms with van der Waals surface area (Å²) < 4.78 is 2.09. The molecule has 1 unspecified atom stereocenters. The zero-order valence-corrected chi connectivity index (χ0v) is 15.1. The van der Waals surface area contributed by atoms with Gasteiger partial charge in [-0.15, -0.1) is 0 Å². The summed E-state index contributed by atoms with van der Waals surface area (Å²) in [6.45, 7) is 10.9.